The van der Waals surface area contributed by atoms with E-state index < -0.39 is 5.97 Å². The number of aliphatic carboxylic acids is 1. The van der Waals surface area contributed by atoms with Gasteiger partial charge < -0.3 is 9.67 Å². The lowest BCUT2D eigenvalue weighted by Gasteiger charge is -2.00. The van der Waals surface area contributed by atoms with Crippen molar-refractivity contribution >= 4 is 16.9 Å². The number of aromatic nitrogens is 1. The largest absolute Gasteiger partial charge is 0.481 e. The number of carbonyl (C=O) groups is 1. The normalized spacial score (nSPS) is 11.0. The fourth-order valence-electron chi connectivity index (χ4n) is 2.16. The number of nitrogens with zero attached hydrogens (tertiary/aromatic N) is 1. The topological polar surface area (TPSA) is 42.2 Å². The van der Waals surface area contributed by atoms with Gasteiger partial charge in [0, 0.05) is 24.5 Å². The van der Waals surface area contributed by atoms with Crippen LogP contribution in [0.3, 0.4) is 0 Å². The predicted octanol–water partition coefficient (Wildman–Crippen LogP) is 2.64. The fourth-order valence-corrected chi connectivity index (χ4v) is 2.16. The van der Waals surface area contributed by atoms with Crippen LogP contribution >= 0.6 is 0 Å². The van der Waals surface area contributed by atoms with E-state index in [1.165, 1.54) is 12.1 Å². The monoisotopic (exact) mass is 235 g/mol. The van der Waals surface area contributed by atoms with E-state index in [4.69, 9.17) is 5.11 Å². The molecule has 0 spiro atoms. The molecule has 0 saturated carbocycles. The maximum Gasteiger partial charge on any atom is 0.303 e. The highest BCUT2D eigenvalue weighted by atomic mass is 19.1. The zero-order valence-corrected chi connectivity index (χ0v) is 9.83. The Morgan fingerprint density at radius 3 is 2.82 bits per heavy atom. The van der Waals surface area contributed by atoms with Crippen molar-refractivity contribution in [2.75, 3.05) is 0 Å². The number of carboxylic acids is 1. The summed E-state index contributed by atoms with van der Waals surface area (Å²) in [6.07, 6.45) is 0.571. The van der Waals surface area contributed by atoms with Crippen LogP contribution in [0.4, 0.5) is 4.39 Å². The van der Waals surface area contributed by atoms with Gasteiger partial charge in [-0.05, 0) is 37.1 Å². The number of fused-ring (bicyclic) bond motifs is 1. The SMILES string of the molecule is Cc1c(CCC(=O)O)c2ccc(F)cc2n1C. The molecule has 1 aromatic heterocycles. The average Bonchev–Trinajstić information content (AvgIpc) is 2.50. The molecule has 0 aliphatic heterocycles. The van der Waals surface area contributed by atoms with Crippen LogP contribution in [0.5, 0.6) is 0 Å². The van der Waals surface area contributed by atoms with Crippen molar-refractivity contribution in [3.63, 3.8) is 0 Å². The maximum atomic E-state index is 13.2. The first-order valence-corrected chi connectivity index (χ1v) is 5.46. The van der Waals surface area contributed by atoms with Crippen LogP contribution in [0.25, 0.3) is 10.9 Å². The molecule has 0 amide bonds. The number of aryl methyl sites for hydroxylation is 2. The second-order valence-electron chi connectivity index (χ2n) is 4.18. The molecule has 17 heavy (non-hydrogen) atoms. The first-order chi connectivity index (χ1) is 8.00. The van der Waals surface area contributed by atoms with E-state index in [-0.39, 0.29) is 12.2 Å². The van der Waals surface area contributed by atoms with Crippen LogP contribution in [0.1, 0.15) is 17.7 Å². The Bertz CT molecular complexity index is 587. The molecule has 3 nitrogen and oxygen atoms in total. The minimum atomic E-state index is -0.816. The number of hydrogen-bond donors (Lipinski definition) is 1. The van der Waals surface area contributed by atoms with Crippen molar-refractivity contribution in [3.8, 4) is 0 Å². The van der Waals surface area contributed by atoms with E-state index in [1.54, 1.807) is 6.07 Å². The van der Waals surface area contributed by atoms with Gasteiger partial charge in [0.15, 0.2) is 0 Å². The van der Waals surface area contributed by atoms with E-state index in [9.17, 15) is 9.18 Å². The molecule has 4 heteroatoms. The van der Waals surface area contributed by atoms with Gasteiger partial charge in [-0.1, -0.05) is 0 Å². The Hall–Kier alpha value is -1.84. The summed E-state index contributed by atoms with van der Waals surface area (Å²) in [5.41, 5.74) is 2.79. The summed E-state index contributed by atoms with van der Waals surface area (Å²) in [7, 11) is 1.86. The standard InChI is InChI=1S/C13H14FNO2/c1-8-10(5-6-13(16)17)11-4-3-9(14)7-12(11)15(8)2/h3-4,7H,5-6H2,1-2H3,(H,16,17). The molecule has 0 unspecified atom stereocenters. The first kappa shape index (κ1) is 11.6. The summed E-state index contributed by atoms with van der Waals surface area (Å²) in [4.78, 5) is 10.6. The highest BCUT2D eigenvalue weighted by Gasteiger charge is 2.13. The third-order valence-electron chi connectivity index (χ3n) is 3.17. The Balaban J connectivity index is 2.54. The highest BCUT2D eigenvalue weighted by molar-refractivity contribution is 5.86. The lowest BCUT2D eigenvalue weighted by molar-refractivity contribution is -0.136. The van der Waals surface area contributed by atoms with Crippen LogP contribution in [0, 0.1) is 12.7 Å². The van der Waals surface area contributed by atoms with Crippen LogP contribution in [-0.2, 0) is 18.3 Å². The van der Waals surface area contributed by atoms with Gasteiger partial charge in [0.05, 0.1) is 5.52 Å². The summed E-state index contributed by atoms with van der Waals surface area (Å²) < 4.78 is 15.1. The van der Waals surface area contributed by atoms with Gasteiger partial charge in [-0.15, -0.1) is 0 Å². The molecule has 2 aromatic rings. The Labute approximate surface area is 98.5 Å². The average molecular weight is 235 g/mol. The van der Waals surface area contributed by atoms with E-state index in [0.29, 0.717) is 6.42 Å². The summed E-state index contributed by atoms with van der Waals surface area (Å²) in [5.74, 6) is -1.09. The van der Waals surface area contributed by atoms with Gasteiger partial charge >= 0.3 is 5.97 Å². The summed E-state index contributed by atoms with van der Waals surface area (Å²) >= 11 is 0. The quantitative estimate of drug-likeness (QED) is 0.888. The third kappa shape index (κ3) is 2.02. The molecular formula is C13H14FNO2. The Kier molecular flexibility index (Phi) is 2.88. The molecule has 1 aromatic carbocycles. The number of hydrogen-bond acceptors (Lipinski definition) is 1. The maximum absolute atomic E-state index is 13.2. The van der Waals surface area contributed by atoms with Crippen LogP contribution in [0.2, 0.25) is 0 Å². The zero-order chi connectivity index (χ0) is 12.6. The molecule has 90 valence electrons. The van der Waals surface area contributed by atoms with E-state index in [2.05, 4.69) is 0 Å². The predicted molar refractivity (Wildman–Crippen MR) is 63.6 cm³/mol. The number of carboxylic acid groups (broad SMARTS) is 1. The molecule has 0 aliphatic rings. The van der Waals surface area contributed by atoms with Crippen LogP contribution in [0.15, 0.2) is 18.2 Å². The van der Waals surface area contributed by atoms with Gasteiger partial charge in [0.25, 0.3) is 0 Å². The molecular weight excluding hydrogens is 221 g/mol. The molecule has 2 rings (SSSR count). The van der Waals surface area contributed by atoms with Crippen molar-refractivity contribution < 1.29 is 14.3 Å². The Morgan fingerprint density at radius 2 is 2.18 bits per heavy atom. The Morgan fingerprint density at radius 1 is 1.47 bits per heavy atom. The minimum Gasteiger partial charge on any atom is -0.481 e. The second-order valence-corrected chi connectivity index (χ2v) is 4.18. The van der Waals surface area contributed by atoms with Crippen molar-refractivity contribution in [2.24, 2.45) is 7.05 Å². The second kappa shape index (κ2) is 4.20. The number of benzene rings is 1. The molecule has 0 bridgehead atoms. The van der Waals surface area contributed by atoms with Gasteiger partial charge in [-0.2, -0.15) is 0 Å². The smallest absolute Gasteiger partial charge is 0.303 e. The molecule has 0 radical (unpaired) electrons. The van der Waals surface area contributed by atoms with Gasteiger partial charge in [-0.3, -0.25) is 4.79 Å². The van der Waals surface area contributed by atoms with Crippen molar-refractivity contribution in [2.45, 2.75) is 19.8 Å². The minimum absolute atomic E-state index is 0.0946. The lowest BCUT2D eigenvalue weighted by atomic mass is 10.1. The molecule has 0 atom stereocenters. The zero-order valence-electron chi connectivity index (χ0n) is 9.83. The van der Waals surface area contributed by atoms with E-state index in [0.717, 1.165) is 22.2 Å². The van der Waals surface area contributed by atoms with E-state index in [1.807, 2.05) is 18.5 Å². The summed E-state index contributed by atoms with van der Waals surface area (Å²) in [6, 6.07) is 4.60. The van der Waals surface area contributed by atoms with Gasteiger partial charge in [0.1, 0.15) is 5.82 Å². The van der Waals surface area contributed by atoms with Crippen LogP contribution in [-0.4, -0.2) is 15.6 Å². The van der Waals surface area contributed by atoms with Gasteiger partial charge in [0.2, 0.25) is 0 Å². The summed E-state index contributed by atoms with van der Waals surface area (Å²) in [6.45, 7) is 1.93. The molecule has 0 aliphatic carbocycles. The lowest BCUT2D eigenvalue weighted by Crippen LogP contribution is -1.99. The molecule has 0 saturated heterocycles. The van der Waals surface area contributed by atoms with E-state index >= 15 is 0 Å². The molecule has 1 N–H and O–H groups in total. The number of halogens is 1. The molecule has 1 heterocycles. The third-order valence-corrected chi connectivity index (χ3v) is 3.17. The highest BCUT2D eigenvalue weighted by Crippen LogP contribution is 2.26. The summed E-state index contributed by atoms with van der Waals surface area (Å²) in [5, 5.41) is 9.66. The van der Waals surface area contributed by atoms with Crippen molar-refractivity contribution in [3.05, 3.63) is 35.3 Å². The first-order valence-electron chi connectivity index (χ1n) is 5.46. The van der Waals surface area contributed by atoms with Gasteiger partial charge in [-0.25, -0.2) is 4.39 Å². The molecule has 0 fully saturated rings. The van der Waals surface area contributed by atoms with Crippen molar-refractivity contribution in [1.82, 2.24) is 4.57 Å². The van der Waals surface area contributed by atoms with Crippen molar-refractivity contribution in [1.29, 1.82) is 0 Å². The fraction of sp³-hybridized carbons (Fsp3) is 0.308. The van der Waals surface area contributed by atoms with Crippen LogP contribution < -0.4 is 0 Å². The number of rotatable bonds is 3.